The number of nitrogens with one attached hydrogen (secondary N) is 1. The Morgan fingerprint density at radius 2 is 1.93 bits per heavy atom. The Bertz CT molecular complexity index is 357. The molecular formula is C12H15NO2. The standard InChI is InChI=1S/C12H15NO2/c1-8-3-9(2)5-10(4-8)11-6-13-12(14)7-15-11/h3-5,11H,6-7H2,1-2H3,(H,13,14)/t11-/m1/s1. The largest absolute Gasteiger partial charge is 0.362 e. The molecule has 1 atom stereocenters. The third kappa shape index (κ3) is 2.36. The third-order valence-electron chi connectivity index (χ3n) is 2.52. The molecule has 80 valence electrons. The first-order valence-corrected chi connectivity index (χ1v) is 5.11. The lowest BCUT2D eigenvalue weighted by Crippen LogP contribution is -2.38. The second-order valence-corrected chi connectivity index (χ2v) is 4.02. The van der Waals surface area contributed by atoms with Crippen molar-refractivity contribution in [3.8, 4) is 0 Å². The van der Waals surface area contributed by atoms with Crippen LogP contribution in [-0.2, 0) is 9.53 Å². The molecule has 0 aromatic heterocycles. The van der Waals surface area contributed by atoms with Crippen LogP contribution in [0.5, 0.6) is 0 Å². The lowest BCUT2D eigenvalue weighted by atomic mass is 10.0. The van der Waals surface area contributed by atoms with Crippen molar-refractivity contribution >= 4 is 5.91 Å². The number of benzene rings is 1. The van der Waals surface area contributed by atoms with Gasteiger partial charge in [-0.2, -0.15) is 0 Å². The van der Waals surface area contributed by atoms with Crippen LogP contribution in [-0.4, -0.2) is 19.1 Å². The van der Waals surface area contributed by atoms with Gasteiger partial charge in [0.1, 0.15) is 12.7 Å². The highest BCUT2D eigenvalue weighted by atomic mass is 16.5. The highest BCUT2D eigenvalue weighted by molar-refractivity contribution is 5.77. The van der Waals surface area contributed by atoms with Crippen LogP contribution in [0.15, 0.2) is 18.2 Å². The monoisotopic (exact) mass is 205 g/mol. The van der Waals surface area contributed by atoms with Gasteiger partial charge >= 0.3 is 0 Å². The quantitative estimate of drug-likeness (QED) is 0.754. The fourth-order valence-corrected chi connectivity index (χ4v) is 1.90. The zero-order valence-electron chi connectivity index (χ0n) is 9.04. The number of carbonyl (C=O) groups excluding carboxylic acids is 1. The lowest BCUT2D eigenvalue weighted by molar-refractivity contribution is -0.133. The summed E-state index contributed by atoms with van der Waals surface area (Å²) in [6, 6.07) is 6.34. The van der Waals surface area contributed by atoms with Crippen molar-refractivity contribution < 1.29 is 9.53 Å². The average molecular weight is 205 g/mol. The third-order valence-corrected chi connectivity index (χ3v) is 2.52. The number of hydrogen-bond donors (Lipinski definition) is 1. The molecule has 0 radical (unpaired) electrons. The van der Waals surface area contributed by atoms with Crippen LogP contribution in [0, 0.1) is 13.8 Å². The van der Waals surface area contributed by atoms with Crippen molar-refractivity contribution in [1.82, 2.24) is 5.32 Å². The molecule has 0 bridgehead atoms. The summed E-state index contributed by atoms with van der Waals surface area (Å²) in [6.07, 6.45) is 0.00120. The number of aryl methyl sites for hydroxylation is 2. The predicted octanol–water partition coefficient (Wildman–Crippen LogP) is 1.49. The summed E-state index contributed by atoms with van der Waals surface area (Å²) in [5.41, 5.74) is 3.60. The topological polar surface area (TPSA) is 38.3 Å². The lowest BCUT2D eigenvalue weighted by Gasteiger charge is -2.24. The van der Waals surface area contributed by atoms with Gasteiger partial charge in [-0.3, -0.25) is 4.79 Å². The molecule has 1 heterocycles. The van der Waals surface area contributed by atoms with Gasteiger partial charge in [0, 0.05) is 6.54 Å². The fourth-order valence-electron chi connectivity index (χ4n) is 1.90. The zero-order chi connectivity index (χ0) is 10.8. The summed E-state index contributed by atoms with van der Waals surface area (Å²) in [6.45, 7) is 4.87. The number of carbonyl (C=O) groups is 1. The van der Waals surface area contributed by atoms with Crippen LogP contribution < -0.4 is 5.32 Å². The van der Waals surface area contributed by atoms with Gasteiger partial charge in [0.2, 0.25) is 5.91 Å². The first-order valence-electron chi connectivity index (χ1n) is 5.11. The summed E-state index contributed by atoms with van der Waals surface area (Å²) in [4.78, 5) is 10.9. The van der Waals surface area contributed by atoms with E-state index in [1.165, 1.54) is 11.1 Å². The minimum atomic E-state index is -0.0318. The average Bonchev–Trinajstić information content (AvgIpc) is 2.17. The molecule has 1 aliphatic rings. The Labute approximate surface area is 89.4 Å². The minimum absolute atomic E-state index is 0.00120. The molecular weight excluding hydrogens is 190 g/mol. The Balaban J connectivity index is 2.18. The summed E-state index contributed by atoms with van der Waals surface area (Å²) in [7, 11) is 0. The first-order chi connectivity index (χ1) is 7.15. The Hall–Kier alpha value is -1.35. The number of amides is 1. The van der Waals surface area contributed by atoms with Gasteiger partial charge in [0.25, 0.3) is 0 Å². The van der Waals surface area contributed by atoms with Gasteiger partial charge in [0.15, 0.2) is 0 Å². The number of hydrogen-bond acceptors (Lipinski definition) is 2. The van der Waals surface area contributed by atoms with E-state index in [0.717, 1.165) is 5.56 Å². The van der Waals surface area contributed by atoms with Crippen LogP contribution in [0.2, 0.25) is 0 Å². The highest BCUT2D eigenvalue weighted by Crippen LogP contribution is 2.21. The molecule has 2 rings (SSSR count). The molecule has 1 aliphatic heterocycles. The van der Waals surface area contributed by atoms with Crippen LogP contribution in [0.4, 0.5) is 0 Å². The van der Waals surface area contributed by atoms with Crippen molar-refractivity contribution in [2.45, 2.75) is 20.0 Å². The van der Waals surface area contributed by atoms with Crippen molar-refractivity contribution in [3.05, 3.63) is 34.9 Å². The molecule has 1 fully saturated rings. The van der Waals surface area contributed by atoms with Gasteiger partial charge in [-0.25, -0.2) is 0 Å². The van der Waals surface area contributed by atoms with Crippen molar-refractivity contribution in [2.75, 3.05) is 13.2 Å². The maximum atomic E-state index is 10.9. The van der Waals surface area contributed by atoms with Crippen LogP contribution >= 0.6 is 0 Å². The number of ether oxygens (including phenoxy) is 1. The van der Waals surface area contributed by atoms with E-state index in [1.54, 1.807) is 0 Å². The molecule has 3 heteroatoms. The highest BCUT2D eigenvalue weighted by Gasteiger charge is 2.20. The van der Waals surface area contributed by atoms with E-state index in [0.29, 0.717) is 6.54 Å². The van der Waals surface area contributed by atoms with E-state index in [-0.39, 0.29) is 18.6 Å². The Kier molecular flexibility index (Phi) is 2.73. The van der Waals surface area contributed by atoms with Gasteiger partial charge < -0.3 is 10.1 Å². The van der Waals surface area contributed by atoms with E-state index < -0.39 is 0 Å². The van der Waals surface area contributed by atoms with Crippen LogP contribution in [0.25, 0.3) is 0 Å². The molecule has 3 nitrogen and oxygen atoms in total. The van der Waals surface area contributed by atoms with Crippen molar-refractivity contribution in [3.63, 3.8) is 0 Å². The SMILES string of the molecule is Cc1cc(C)cc([C@H]2CNC(=O)CO2)c1. The maximum Gasteiger partial charge on any atom is 0.246 e. The first kappa shape index (κ1) is 10.2. The van der Waals surface area contributed by atoms with E-state index >= 15 is 0 Å². The molecule has 1 N–H and O–H groups in total. The summed E-state index contributed by atoms with van der Waals surface area (Å²) in [5, 5.41) is 2.81. The van der Waals surface area contributed by atoms with Gasteiger partial charge in [-0.15, -0.1) is 0 Å². The Morgan fingerprint density at radius 1 is 1.27 bits per heavy atom. The van der Waals surface area contributed by atoms with Crippen molar-refractivity contribution in [1.29, 1.82) is 0 Å². The molecule has 1 saturated heterocycles. The number of morpholine rings is 1. The molecule has 15 heavy (non-hydrogen) atoms. The summed E-state index contributed by atoms with van der Waals surface area (Å²) >= 11 is 0. The maximum absolute atomic E-state index is 10.9. The van der Waals surface area contributed by atoms with E-state index in [4.69, 9.17) is 4.74 Å². The summed E-state index contributed by atoms with van der Waals surface area (Å²) < 4.78 is 5.47. The predicted molar refractivity (Wildman–Crippen MR) is 57.6 cm³/mol. The van der Waals surface area contributed by atoms with Gasteiger partial charge in [-0.05, 0) is 19.4 Å². The molecule has 0 unspecified atom stereocenters. The van der Waals surface area contributed by atoms with E-state index in [2.05, 4.69) is 37.4 Å². The van der Waals surface area contributed by atoms with Crippen LogP contribution in [0.3, 0.4) is 0 Å². The minimum Gasteiger partial charge on any atom is -0.362 e. The fraction of sp³-hybridized carbons (Fsp3) is 0.417. The second-order valence-electron chi connectivity index (χ2n) is 4.02. The molecule has 1 aromatic rings. The van der Waals surface area contributed by atoms with E-state index in [9.17, 15) is 4.79 Å². The molecule has 0 spiro atoms. The summed E-state index contributed by atoms with van der Waals surface area (Å²) in [5.74, 6) is -0.0318. The van der Waals surface area contributed by atoms with Gasteiger partial charge in [0.05, 0.1) is 0 Å². The molecule has 1 aromatic carbocycles. The second kappa shape index (κ2) is 4.03. The molecule has 0 aliphatic carbocycles. The van der Waals surface area contributed by atoms with Crippen LogP contribution in [0.1, 0.15) is 22.8 Å². The number of rotatable bonds is 1. The molecule has 1 amide bonds. The molecule has 0 saturated carbocycles. The van der Waals surface area contributed by atoms with Crippen molar-refractivity contribution in [2.24, 2.45) is 0 Å². The zero-order valence-corrected chi connectivity index (χ0v) is 9.04. The normalized spacial score (nSPS) is 21.2. The smallest absolute Gasteiger partial charge is 0.246 e. The van der Waals surface area contributed by atoms with E-state index in [1.807, 2.05) is 0 Å². The Morgan fingerprint density at radius 3 is 2.47 bits per heavy atom. The van der Waals surface area contributed by atoms with Gasteiger partial charge in [-0.1, -0.05) is 29.3 Å².